The number of aromatic nitrogens is 3. The molecule has 2 aromatic carbocycles. The molecular weight excluding hydrogens is 363 g/mol. The molecule has 7 heteroatoms. The molecular formula is C17H12Cl2N4S. The molecule has 24 heavy (non-hydrogen) atoms. The third-order valence-electron chi connectivity index (χ3n) is 3.13. The van der Waals surface area contributed by atoms with Gasteiger partial charge in [-0.05, 0) is 36.0 Å². The average molecular weight is 375 g/mol. The Kier molecular flexibility index (Phi) is 5.25. The highest BCUT2D eigenvalue weighted by Gasteiger charge is 2.08. The highest BCUT2D eigenvalue weighted by atomic mass is 35.5. The van der Waals surface area contributed by atoms with Crippen LogP contribution >= 0.6 is 35.4 Å². The lowest BCUT2D eigenvalue weighted by Gasteiger charge is -2.01. The number of hydrogen-bond donors (Lipinski definition) is 1. The fourth-order valence-electron chi connectivity index (χ4n) is 2.07. The molecule has 0 saturated heterocycles. The van der Waals surface area contributed by atoms with E-state index in [0.29, 0.717) is 20.7 Å². The Bertz CT molecular complexity index is 958. The van der Waals surface area contributed by atoms with Crippen LogP contribution in [-0.4, -0.2) is 21.1 Å². The normalized spacial score (nSPS) is 12.0. The number of nitrogens with one attached hydrogen (secondary N) is 1. The lowest BCUT2D eigenvalue weighted by Crippen LogP contribution is -1.94. The smallest absolute Gasteiger partial charge is 0.216 e. The lowest BCUT2D eigenvalue weighted by molar-refractivity contribution is 0.872. The predicted octanol–water partition coefficient (Wildman–Crippen LogP) is 5.37. The number of benzene rings is 2. The summed E-state index contributed by atoms with van der Waals surface area (Å²) < 4.78 is 1.87. The Labute approximate surface area is 154 Å². The zero-order chi connectivity index (χ0) is 16.9. The average Bonchev–Trinajstić information content (AvgIpc) is 2.95. The second kappa shape index (κ2) is 7.57. The molecule has 1 aromatic heterocycles. The third-order valence-corrected chi connectivity index (χ3v) is 3.84. The minimum atomic E-state index is 0.366. The van der Waals surface area contributed by atoms with Crippen molar-refractivity contribution in [3.8, 4) is 11.4 Å². The molecule has 120 valence electrons. The van der Waals surface area contributed by atoms with Gasteiger partial charge in [-0.1, -0.05) is 65.7 Å². The summed E-state index contributed by atoms with van der Waals surface area (Å²) in [6, 6.07) is 17.0. The Balaban J connectivity index is 1.92. The standard InChI is InChI=1S/C17H12Cl2N4S/c18-14-8-4-7-13(10-14)16-21-22-17(24)23(16)20-11-15(19)9-12-5-2-1-3-6-12/h1-11H,(H,22,24)/b15-9-,20-11+. The van der Waals surface area contributed by atoms with Crippen molar-refractivity contribution in [2.45, 2.75) is 0 Å². The molecule has 0 fully saturated rings. The lowest BCUT2D eigenvalue weighted by atomic mass is 10.2. The van der Waals surface area contributed by atoms with Gasteiger partial charge < -0.3 is 0 Å². The van der Waals surface area contributed by atoms with Crippen molar-refractivity contribution in [1.29, 1.82) is 0 Å². The maximum absolute atomic E-state index is 6.22. The zero-order valence-electron chi connectivity index (χ0n) is 12.4. The number of aromatic amines is 1. The summed E-state index contributed by atoms with van der Waals surface area (Å²) in [7, 11) is 0. The number of rotatable bonds is 4. The van der Waals surface area contributed by atoms with Crippen LogP contribution in [0.2, 0.25) is 5.02 Å². The first kappa shape index (κ1) is 16.6. The largest absolute Gasteiger partial charge is 0.250 e. The van der Waals surface area contributed by atoms with Crippen molar-refractivity contribution in [3.63, 3.8) is 0 Å². The fraction of sp³-hybridized carbons (Fsp3) is 0. The van der Waals surface area contributed by atoms with Gasteiger partial charge in [-0.15, -0.1) is 0 Å². The first-order chi connectivity index (χ1) is 11.6. The summed E-state index contributed by atoms with van der Waals surface area (Å²) in [6.45, 7) is 0. The van der Waals surface area contributed by atoms with Crippen LogP contribution in [-0.2, 0) is 0 Å². The van der Waals surface area contributed by atoms with E-state index in [2.05, 4.69) is 15.3 Å². The summed E-state index contributed by atoms with van der Waals surface area (Å²) in [5.41, 5.74) is 1.79. The van der Waals surface area contributed by atoms with E-state index < -0.39 is 0 Å². The number of halogens is 2. The van der Waals surface area contributed by atoms with Crippen molar-refractivity contribution in [1.82, 2.24) is 14.9 Å². The molecule has 0 aliphatic carbocycles. The minimum absolute atomic E-state index is 0.366. The van der Waals surface area contributed by atoms with E-state index in [4.69, 9.17) is 35.4 Å². The monoisotopic (exact) mass is 374 g/mol. The summed E-state index contributed by atoms with van der Waals surface area (Å²) in [4.78, 5) is 0. The van der Waals surface area contributed by atoms with Gasteiger partial charge in [0.2, 0.25) is 4.77 Å². The van der Waals surface area contributed by atoms with Crippen molar-refractivity contribution < 1.29 is 0 Å². The first-order valence-electron chi connectivity index (χ1n) is 7.03. The van der Waals surface area contributed by atoms with Gasteiger partial charge >= 0.3 is 0 Å². The number of allylic oxidation sites excluding steroid dienone is 1. The third kappa shape index (κ3) is 4.00. The SMILES string of the molecule is S=c1[nH]nc(-c2cccc(Cl)c2)n1/N=C/C(Cl)=C/c1ccccc1. The molecule has 0 bridgehead atoms. The number of H-pyrrole nitrogens is 1. The van der Waals surface area contributed by atoms with Crippen molar-refractivity contribution >= 4 is 47.7 Å². The second-order valence-electron chi connectivity index (χ2n) is 4.86. The van der Waals surface area contributed by atoms with Gasteiger partial charge in [0.25, 0.3) is 0 Å². The van der Waals surface area contributed by atoms with Crippen molar-refractivity contribution in [2.75, 3.05) is 0 Å². The molecule has 0 atom stereocenters. The van der Waals surface area contributed by atoms with E-state index in [0.717, 1.165) is 11.1 Å². The van der Waals surface area contributed by atoms with Crippen LogP contribution in [0, 0.1) is 4.77 Å². The van der Waals surface area contributed by atoms with E-state index in [1.807, 2.05) is 48.5 Å². The second-order valence-corrected chi connectivity index (χ2v) is 6.12. The number of nitrogens with zero attached hydrogens (tertiary/aromatic N) is 3. The summed E-state index contributed by atoms with van der Waals surface area (Å²) >= 11 is 17.5. The number of hydrogen-bond acceptors (Lipinski definition) is 3. The van der Waals surface area contributed by atoms with Crippen LogP contribution in [0.15, 0.2) is 64.7 Å². The molecule has 0 amide bonds. The zero-order valence-corrected chi connectivity index (χ0v) is 14.7. The summed E-state index contributed by atoms with van der Waals surface area (Å²) in [5.74, 6) is 0.558. The molecule has 4 nitrogen and oxygen atoms in total. The highest BCUT2D eigenvalue weighted by Crippen LogP contribution is 2.21. The van der Waals surface area contributed by atoms with Crippen LogP contribution < -0.4 is 0 Å². The Morgan fingerprint density at radius 2 is 1.96 bits per heavy atom. The van der Waals surface area contributed by atoms with Gasteiger partial charge in [-0.25, -0.2) is 5.10 Å². The van der Waals surface area contributed by atoms with E-state index >= 15 is 0 Å². The molecule has 0 spiro atoms. The fourth-order valence-corrected chi connectivity index (χ4v) is 2.61. The molecule has 0 aliphatic heterocycles. The van der Waals surface area contributed by atoms with E-state index in [1.165, 1.54) is 10.9 Å². The minimum Gasteiger partial charge on any atom is -0.250 e. The molecule has 1 heterocycles. The van der Waals surface area contributed by atoms with Crippen LogP contribution in [0.25, 0.3) is 17.5 Å². The topological polar surface area (TPSA) is 46.0 Å². The van der Waals surface area contributed by atoms with Gasteiger partial charge in [-0.2, -0.15) is 14.9 Å². The molecule has 1 N–H and O–H groups in total. The maximum Gasteiger partial charge on any atom is 0.216 e. The van der Waals surface area contributed by atoms with Crippen molar-refractivity contribution in [2.24, 2.45) is 5.10 Å². The van der Waals surface area contributed by atoms with Gasteiger partial charge in [0.1, 0.15) is 0 Å². The molecule has 0 aliphatic rings. The quantitative estimate of drug-likeness (QED) is 0.492. The molecule has 0 unspecified atom stereocenters. The highest BCUT2D eigenvalue weighted by molar-refractivity contribution is 7.71. The Morgan fingerprint density at radius 1 is 1.17 bits per heavy atom. The van der Waals surface area contributed by atoms with Gasteiger partial charge in [0, 0.05) is 10.6 Å². The van der Waals surface area contributed by atoms with Gasteiger partial charge in [0.05, 0.1) is 11.2 Å². The maximum atomic E-state index is 6.22. The van der Waals surface area contributed by atoms with Gasteiger partial charge in [0.15, 0.2) is 5.82 Å². The first-order valence-corrected chi connectivity index (χ1v) is 8.20. The van der Waals surface area contributed by atoms with E-state index in [-0.39, 0.29) is 0 Å². The van der Waals surface area contributed by atoms with Crippen molar-refractivity contribution in [3.05, 3.63) is 75.0 Å². The Hall–Kier alpha value is -2.21. The van der Waals surface area contributed by atoms with Crippen LogP contribution in [0.4, 0.5) is 0 Å². The van der Waals surface area contributed by atoms with E-state index in [1.54, 1.807) is 12.1 Å². The summed E-state index contributed by atoms with van der Waals surface area (Å²) in [6.07, 6.45) is 3.34. The molecule has 3 rings (SSSR count). The molecule has 3 aromatic rings. The van der Waals surface area contributed by atoms with Crippen LogP contribution in [0.5, 0.6) is 0 Å². The molecule has 0 saturated carbocycles. The van der Waals surface area contributed by atoms with Gasteiger partial charge in [-0.3, -0.25) is 0 Å². The summed E-state index contributed by atoms with van der Waals surface area (Å²) in [5, 5.41) is 12.3. The van der Waals surface area contributed by atoms with Crippen LogP contribution in [0.3, 0.4) is 0 Å². The van der Waals surface area contributed by atoms with E-state index in [9.17, 15) is 0 Å². The molecule has 0 radical (unpaired) electrons. The van der Waals surface area contributed by atoms with Crippen LogP contribution in [0.1, 0.15) is 5.56 Å². The predicted molar refractivity (Wildman–Crippen MR) is 102 cm³/mol. The Morgan fingerprint density at radius 3 is 2.71 bits per heavy atom.